The molecule has 0 amide bonds. The van der Waals surface area contributed by atoms with Crippen molar-refractivity contribution in [2.75, 3.05) is 13.9 Å². The lowest BCUT2D eigenvalue weighted by Crippen LogP contribution is -2.03. The molecule has 1 N–H and O–H groups in total. The van der Waals surface area contributed by atoms with Crippen molar-refractivity contribution >= 4 is 11.0 Å². The van der Waals surface area contributed by atoms with Crippen LogP contribution in [-0.2, 0) is 11.3 Å². The average molecular weight is 404 g/mol. The second-order valence-corrected chi connectivity index (χ2v) is 6.64. The molecule has 0 aliphatic rings. The summed E-state index contributed by atoms with van der Waals surface area (Å²) < 4.78 is 21.9. The van der Waals surface area contributed by atoms with Gasteiger partial charge in [-0.2, -0.15) is 0 Å². The van der Waals surface area contributed by atoms with Gasteiger partial charge in [-0.3, -0.25) is 4.79 Å². The molecule has 4 rings (SSSR count). The van der Waals surface area contributed by atoms with Gasteiger partial charge >= 0.3 is 0 Å². The average Bonchev–Trinajstić information content (AvgIpc) is 2.77. The zero-order chi connectivity index (χ0) is 20.9. The Morgan fingerprint density at radius 3 is 2.40 bits per heavy atom. The summed E-state index contributed by atoms with van der Waals surface area (Å²) in [5.41, 5.74) is 1.68. The van der Waals surface area contributed by atoms with Crippen LogP contribution in [0.1, 0.15) is 5.56 Å². The first kappa shape index (κ1) is 19.5. The summed E-state index contributed by atoms with van der Waals surface area (Å²) in [5, 5.41) is 10.3. The van der Waals surface area contributed by atoms with Crippen molar-refractivity contribution in [1.29, 1.82) is 0 Å². The Labute approximate surface area is 172 Å². The smallest absolute Gasteiger partial charge is 0.197 e. The van der Waals surface area contributed by atoms with Crippen molar-refractivity contribution in [3.05, 3.63) is 88.6 Å². The Morgan fingerprint density at radius 2 is 1.67 bits per heavy atom. The van der Waals surface area contributed by atoms with Crippen molar-refractivity contribution in [3.63, 3.8) is 0 Å². The van der Waals surface area contributed by atoms with E-state index in [1.54, 1.807) is 6.07 Å². The van der Waals surface area contributed by atoms with E-state index in [-0.39, 0.29) is 28.9 Å². The summed E-state index contributed by atoms with van der Waals surface area (Å²) >= 11 is 0. The fraction of sp³-hybridized carbons (Fsp3) is 0.125. The molecule has 0 radical (unpaired) electrons. The molecule has 0 bridgehead atoms. The van der Waals surface area contributed by atoms with Crippen LogP contribution in [0.5, 0.6) is 17.2 Å². The lowest BCUT2D eigenvalue weighted by atomic mass is 10.1. The van der Waals surface area contributed by atoms with Gasteiger partial charge in [-0.05, 0) is 29.8 Å². The Balaban J connectivity index is 1.59. The summed E-state index contributed by atoms with van der Waals surface area (Å²) in [6.07, 6.45) is 0. The van der Waals surface area contributed by atoms with Gasteiger partial charge in [-0.15, -0.1) is 0 Å². The molecule has 0 saturated carbocycles. The van der Waals surface area contributed by atoms with Gasteiger partial charge in [0.15, 0.2) is 12.2 Å². The fourth-order valence-corrected chi connectivity index (χ4v) is 3.05. The number of ether oxygens (including phenoxy) is 3. The number of rotatable bonds is 7. The summed E-state index contributed by atoms with van der Waals surface area (Å²) in [5.74, 6) is 1.22. The maximum absolute atomic E-state index is 12.5. The van der Waals surface area contributed by atoms with Gasteiger partial charge in [-0.25, -0.2) is 0 Å². The predicted molar refractivity (Wildman–Crippen MR) is 113 cm³/mol. The lowest BCUT2D eigenvalue weighted by molar-refractivity contribution is 0.0510. The molecule has 0 saturated heterocycles. The summed E-state index contributed by atoms with van der Waals surface area (Å²) in [6.45, 7) is 0.480. The zero-order valence-corrected chi connectivity index (χ0v) is 16.3. The van der Waals surface area contributed by atoms with Crippen LogP contribution in [0.4, 0.5) is 0 Å². The molecule has 0 aliphatic heterocycles. The first-order chi connectivity index (χ1) is 14.6. The standard InChI is InChI=1S/C24H20O6/c1-27-15-29-19-11-20(25)24-21(26)13-22(30-23(24)12-19)17-7-9-18(10-8-17)28-14-16-5-3-2-4-6-16/h2-13,25H,14-15H2,1H3. The van der Waals surface area contributed by atoms with E-state index >= 15 is 0 Å². The van der Waals surface area contributed by atoms with Crippen LogP contribution in [0, 0.1) is 0 Å². The molecule has 0 spiro atoms. The van der Waals surface area contributed by atoms with Gasteiger partial charge < -0.3 is 23.7 Å². The fourth-order valence-electron chi connectivity index (χ4n) is 3.05. The largest absolute Gasteiger partial charge is 0.507 e. The van der Waals surface area contributed by atoms with Gasteiger partial charge in [0.2, 0.25) is 0 Å². The van der Waals surface area contributed by atoms with E-state index in [4.69, 9.17) is 18.6 Å². The van der Waals surface area contributed by atoms with Crippen molar-refractivity contribution < 1.29 is 23.7 Å². The van der Waals surface area contributed by atoms with Gasteiger partial charge in [0.25, 0.3) is 0 Å². The van der Waals surface area contributed by atoms with Crippen LogP contribution in [0.3, 0.4) is 0 Å². The maximum Gasteiger partial charge on any atom is 0.197 e. The third-order valence-electron chi connectivity index (χ3n) is 4.51. The molecule has 30 heavy (non-hydrogen) atoms. The molecule has 4 aromatic rings. The van der Waals surface area contributed by atoms with Crippen LogP contribution in [0.15, 0.2) is 82.0 Å². The number of hydrogen-bond acceptors (Lipinski definition) is 6. The molecule has 3 aromatic carbocycles. The highest BCUT2D eigenvalue weighted by Crippen LogP contribution is 2.31. The molecule has 6 heteroatoms. The number of phenols is 1. The highest BCUT2D eigenvalue weighted by atomic mass is 16.7. The summed E-state index contributed by atoms with van der Waals surface area (Å²) in [6, 6.07) is 21.4. The van der Waals surface area contributed by atoms with Crippen molar-refractivity contribution in [2.24, 2.45) is 0 Å². The summed E-state index contributed by atoms with van der Waals surface area (Å²) in [7, 11) is 1.49. The number of aromatic hydroxyl groups is 1. The third-order valence-corrected chi connectivity index (χ3v) is 4.51. The van der Waals surface area contributed by atoms with Crippen LogP contribution < -0.4 is 14.9 Å². The van der Waals surface area contributed by atoms with Crippen LogP contribution >= 0.6 is 0 Å². The van der Waals surface area contributed by atoms with Crippen molar-refractivity contribution in [3.8, 4) is 28.6 Å². The minimum Gasteiger partial charge on any atom is -0.507 e. The second kappa shape index (κ2) is 8.71. The predicted octanol–water partition coefficient (Wildman–Crippen LogP) is 4.73. The van der Waals surface area contributed by atoms with Crippen molar-refractivity contribution in [2.45, 2.75) is 6.61 Å². The highest BCUT2D eigenvalue weighted by molar-refractivity contribution is 5.86. The van der Waals surface area contributed by atoms with Crippen molar-refractivity contribution in [1.82, 2.24) is 0 Å². The van der Waals surface area contributed by atoms with E-state index in [1.807, 2.05) is 54.6 Å². The first-order valence-electron chi connectivity index (χ1n) is 9.34. The van der Waals surface area contributed by atoms with Crippen LogP contribution in [0.2, 0.25) is 0 Å². The Kier molecular flexibility index (Phi) is 5.68. The Morgan fingerprint density at radius 1 is 0.900 bits per heavy atom. The summed E-state index contributed by atoms with van der Waals surface area (Å²) in [4.78, 5) is 12.5. The molecule has 152 valence electrons. The zero-order valence-electron chi connectivity index (χ0n) is 16.3. The number of fused-ring (bicyclic) bond motifs is 1. The van der Waals surface area contributed by atoms with Gasteiger partial charge in [0.05, 0.1) is 0 Å². The van der Waals surface area contributed by atoms with Gasteiger partial charge in [0.1, 0.15) is 40.6 Å². The number of methoxy groups -OCH3 is 1. The minimum absolute atomic E-state index is 0.0132. The molecule has 6 nitrogen and oxygen atoms in total. The normalized spacial score (nSPS) is 10.8. The monoisotopic (exact) mass is 404 g/mol. The van der Waals surface area contributed by atoms with Crippen LogP contribution in [-0.4, -0.2) is 19.0 Å². The number of hydrogen-bond donors (Lipinski definition) is 1. The number of benzene rings is 3. The highest BCUT2D eigenvalue weighted by Gasteiger charge is 2.13. The van der Waals surface area contributed by atoms with E-state index < -0.39 is 0 Å². The molecule has 0 atom stereocenters. The molecule has 0 fully saturated rings. The van der Waals surface area contributed by atoms with E-state index in [0.717, 1.165) is 5.56 Å². The van der Waals surface area contributed by atoms with E-state index in [0.29, 0.717) is 29.4 Å². The Bertz CT molecular complexity index is 1200. The minimum atomic E-state index is -0.341. The van der Waals surface area contributed by atoms with E-state index in [2.05, 4.69) is 0 Å². The molecule has 1 heterocycles. The van der Waals surface area contributed by atoms with Gasteiger partial charge in [0, 0.05) is 30.9 Å². The third kappa shape index (κ3) is 4.29. The topological polar surface area (TPSA) is 78.1 Å². The number of phenolic OH excluding ortho intramolecular Hbond substituents is 1. The maximum atomic E-state index is 12.5. The lowest BCUT2D eigenvalue weighted by Gasteiger charge is -2.09. The SMILES string of the molecule is COCOc1cc(O)c2c(=O)cc(-c3ccc(OCc4ccccc4)cc3)oc2c1. The van der Waals surface area contributed by atoms with E-state index in [9.17, 15) is 9.90 Å². The molecular weight excluding hydrogens is 384 g/mol. The molecule has 1 aromatic heterocycles. The quantitative estimate of drug-likeness (QED) is 0.449. The molecular formula is C24H20O6. The molecule has 0 unspecified atom stereocenters. The van der Waals surface area contributed by atoms with Gasteiger partial charge in [-0.1, -0.05) is 30.3 Å². The first-order valence-corrected chi connectivity index (χ1v) is 9.34. The Hall–Kier alpha value is -3.77. The van der Waals surface area contributed by atoms with E-state index in [1.165, 1.54) is 19.2 Å². The molecule has 0 aliphatic carbocycles. The second-order valence-electron chi connectivity index (χ2n) is 6.64. The van der Waals surface area contributed by atoms with Crippen LogP contribution in [0.25, 0.3) is 22.3 Å².